The van der Waals surface area contributed by atoms with Gasteiger partial charge in [0.1, 0.15) is 9.77 Å². The van der Waals surface area contributed by atoms with Crippen LogP contribution in [0.2, 0.25) is 0 Å². The SMILES string of the molecule is Cc1csc(C(=O)O)c1S(=O)(=O)N(C)CCc1cccs1. The van der Waals surface area contributed by atoms with Crippen molar-refractivity contribution in [3.05, 3.63) is 38.2 Å². The zero-order valence-corrected chi connectivity index (χ0v) is 14.0. The van der Waals surface area contributed by atoms with Gasteiger partial charge in [-0.2, -0.15) is 0 Å². The van der Waals surface area contributed by atoms with E-state index in [4.69, 9.17) is 5.11 Å². The molecule has 0 spiro atoms. The molecule has 5 nitrogen and oxygen atoms in total. The van der Waals surface area contributed by atoms with Crippen molar-refractivity contribution < 1.29 is 18.3 Å². The van der Waals surface area contributed by atoms with Gasteiger partial charge in [0, 0.05) is 18.5 Å². The van der Waals surface area contributed by atoms with E-state index in [0.717, 1.165) is 16.2 Å². The van der Waals surface area contributed by atoms with Crippen molar-refractivity contribution in [3.8, 4) is 0 Å². The summed E-state index contributed by atoms with van der Waals surface area (Å²) in [7, 11) is -2.31. The lowest BCUT2D eigenvalue weighted by Gasteiger charge is -2.17. The molecule has 0 aromatic carbocycles. The minimum atomic E-state index is -3.79. The van der Waals surface area contributed by atoms with Crippen LogP contribution in [0, 0.1) is 6.92 Å². The average molecular weight is 345 g/mol. The van der Waals surface area contributed by atoms with Crippen molar-refractivity contribution in [2.24, 2.45) is 0 Å². The van der Waals surface area contributed by atoms with Gasteiger partial charge in [-0.3, -0.25) is 0 Å². The Morgan fingerprint density at radius 2 is 2.10 bits per heavy atom. The van der Waals surface area contributed by atoms with E-state index < -0.39 is 16.0 Å². The molecule has 0 unspecified atom stereocenters. The first-order chi connectivity index (χ1) is 9.84. The van der Waals surface area contributed by atoms with Crippen LogP contribution in [-0.4, -0.2) is 37.4 Å². The fraction of sp³-hybridized carbons (Fsp3) is 0.308. The number of carboxylic acid groups (broad SMARTS) is 1. The predicted octanol–water partition coefficient (Wildman–Crippen LogP) is 2.68. The molecule has 0 aliphatic rings. The number of nitrogens with zero attached hydrogens (tertiary/aromatic N) is 1. The van der Waals surface area contributed by atoms with Crippen LogP contribution in [0.25, 0.3) is 0 Å². The van der Waals surface area contributed by atoms with Crippen LogP contribution in [0.3, 0.4) is 0 Å². The summed E-state index contributed by atoms with van der Waals surface area (Å²) in [5.41, 5.74) is 0.473. The Kier molecular flexibility index (Phi) is 4.82. The molecular weight excluding hydrogens is 330 g/mol. The maximum absolute atomic E-state index is 12.6. The Labute approximate surface area is 131 Å². The summed E-state index contributed by atoms with van der Waals surface area (Å²) < 4.78 is 26.4. The Morgan fingerprint density at radius 1 is 1.38 bits per heavy atom. The highest BCUT2D eigenvalue weighted by Gasteiger charge is 2.30. The van der Waals surface area contributed by atoms with E-state index in [1.807, 2.05) is 17.5 Å². The van der Waals surface area contributed by atoms with Gasteiger partial charge in [0.15, 0.2) is 0 Å². The minimum Gasteiger partial charge on any atom is -0.477 e. The average Bonchev–Trinajstić information content (AvgIpc) is 3.04. The van der Waals surface area contributed by atoms with Gasteiger partial charge < -0.3 is 5.11 Å². The predicted molar refractivity (Wildman–Crippen MR) is 83.9 cm³/mol. The fourth-order valence-electron chi connectivity index (χ4n) is 1.90. The molecule has 0 bridgehead atoms. The molecule has 0 fully saturated rings. The Bertz CT molecular complexity index is 732. The summed E-state index contributed by atoms with van der Waals surface area (Å²) in [6, 6.07) is 3.86. The van der Waals surface area contributed by atoms with Gasteiger partial charge in [-0.15, -0.1) is 22.7 Å². The molecule has 0 amide bonds. The van der Waals surface area contributed by atoms with Crippen molar-refractivity contribution >= 4 is 38.7 Å². The van der Waals surface area contributed by atoms with Crippen molar-refractivity contribution in [1.82, 2.24) is 4.31 Å². The van der Waals surface area contributed by atoms with E-state index in [-0.39, 0.29) is 9.77 Å². The Balaban J connectivity index is 2.25. The summed E-state index contributed by atoms with van der Waals surface area (Å²) >= 11 is 2.51. The van der Waals surface area contributed by atoms with E-state index in [0.29, 0.717) is 18.5 Å². The third kappa shape index (κ3) is 3.34. The summed E-state index contributed by atoms with van der Waals surface area (Å²) in [5, 5.41) is 12.6. The Hall–Kier alpha value is -1.22. The summed E-state index contributed by atoms with van der Waals surface area (Å²) in [6.07, 6.45) is 0.610. The standard InChI is InChI=1S/C13H15NO4S3/c1-9-8-20-11(13(15)16)12(9)21(17,18)14(2)6-5-10-4-3-7-19-10/h3-4,7-8H,5-6H2,1-2H3,(H,15,16). The fourth-order valence-corrected chi connectivity index (χ4v) is 5.35. The first-order valence-electron chi connectivity index (χ1n) is 6.14. The molecule has 114 valence electrons. The van der Waals surface area contributed by atoms with Crippen molar-refractivity contribution in [3.63, 3.8) is 0 Å². The maximum atomic E-state index is 12.6. The number of likely N-dealkylation sites (N-methyl/N-ethyl adjacent to an activating group) is 1. The van der Waals surface area contributed by atoms with E-state index in [2.05, 4.69) is 0 Å². The summed E-state index contributed by atoms with van der Waals surface area (Å²) in [6.45, 7) is 1.93. The second-order valence-corrected chi connectivity index (χ2v) is 8.43. The highest BCUT2D eigenvalue weighted by atomic mass is 32.2. The van der Waals surface area contributed by atoms with Crippen LogP contribution < -0.4 is 0 Å². The first-order valence-corrected chi connectivity index (χ1v) is 9.34. The van der Waals surface area contributed by atoms with Crippen LogP contribution in [0.4, 0.5) is 0 Å². The normalized spacial score (nSPS) is 12.0. The lowest BCUT2D eigenvalue weighted by Crippen LogP contribution is -2.30. The molecule has 2 rings (SSSR count). The number of aryl methyl sites for hydroxylation is 1. The van der Waals surface area contributed by atoms with E-state index in [1.54, 1.807) is 23.6 Å². The number of carbonyl (C=O) groups is 1. The molecule has 0 aliphatic carbocycles. The van der Waals surface area contributed by atoms with E-state index in [1.165, 1.54) is 11.4 Å². The number of hydrogen-bond donors (Lipinski definition) is 1. The zero-order valence-electron chi connectivity index (χ0n) is 11.6. The molecule has 2 heterocycles. The van der Waals surface area contributed by atoms with E-state index in [9.17, 15) is 13.2 Å². The van der Waals surface area contributed by atoms with Crippen LogP contribution >= 0.6 is 22.7 Å². The molecule has 8 heteroatoms. The number of hydrogen-bond acceptors (Lipinski definition) is 5. The van der Waals surface area contributed by atoms with Crippen LogP contribution in [0.1, 0.15) is 20.1 Å². The van der Waals surface area contributed by atoms with Gasteiger partial charge in [0.2, 0.25) is 10.0 Å². The van der Waals surface area contributed by atoms with Gasteiger partial charge in [0.25, 0.3) is 0 Å². The molecule has 0 atom stereocenters. The molecule has 2 aromatic heterocycles. The lowest BCUT2D eigenvalue weighted by molar-refractivity contribution is 0.0698. The molecule has 0 aliphatic heterocycles. The second-order valence-electron chi connectivity index (χ2n) is 4.54. The number of rotatable bonds is 6. The highest BCUT2D eigenvalue weighted by Crippen LogP contribution is 2.29. The number of aromatic carboxylic acids is 1. The quantitative estimate of drug-likeness (QED) is 0.873. The topological polar surface area (TPSA) is 74.7 Å². The molecular formula is C13H15NO4S3. The van der Waals surface area contributed by atoms with Crippen molar-refractivity contribution in [1.29, 1.82) is 0 Å². The zero-order chi connectivity index (χ0) is 15.6. The molecule has 21 heavy (non-hydrogen) atoms. The third-order valence-electron chi connectivity index (χ3n) is 3.03. The van der Waals surface area contributed by atoms with Crippen molar-refractivity contribution in [2.75, 3.05) is 13.6 Å². The van der Waals surface area contributed by atoms with E-state index >= 15 is 0 Å². The minimum absolute atomic E-state index is 0.0892. The van der Waals surface area contributed by atoms with Gasteiger partial charge >= 0.3 is 5.97 Å². The number of carboxylic acids is 1. The third-order valence-corrected chi connectivity index (χ3v) is 7.23. The van der Waals surface area contributed by atoms with Crippen LogP contribution in [0.5, 0.6) is 0 Å². The van der Waals surface area contributed by atoms with Crippen molar-refractivity contribution in [2.45, 2.75) is 18.2 Å². The highest BCUT2D eigenvalue weighted by molar-refractivity contribution is 7.89. The first kappa shape index (κ1) is 16.2. The monoisotopic (exact) mass is 345 g/mol. The largest absolute Gasteiger partial charge is 0.477 e. The summed E-state index contributed by atoms with van der Waals surface area (Å²) in [5.74, 6) is -1.21. The molecule has 2 aromatic rings. The molecule has 0 radical (unpaired) electrons. The summed E-state index contributed by atoms with van der Waals surface area (Å²) in [4.78, 5) is 12.1. The lowest BCUT2D eigenvalue weighted by atomic mass is 10.3. The second kappa shape index (κ2) is 6.27. The Morgan fingerprint density at radius 3 is 2.67 bits per heavy atom. The van der Waals surface area contributed by atoms with Crippen LogP contribution in [-0.2, 0) is 16.4 Å². The molecule has 0 saturated heterocycles. The smallest absolute Gasteiger partial charge is 0.347 e. The van der Waals surface area contributed by atoms with Gasteiger partial charge in [0.05, 0.1) is 0 Å². The number of sulfonamides is 1. The van der Waals surface area contributed by atoms with Gasteiger partial charge in [-0.05, 0) is 35.7 Å². The molecule has 0 saturated carbocycles. The van der Waals surface area contributed by atoms with Crippen LogP contribution in [0.15, 0.2) is 27.8 Å². The number of thiophene rings is 2. The van der Waals surface area contributed by atoms with Gasteiger partial charge in [-0.25, -0.2) is 17.5 Å². The van der Waals surface area contributed by atoms with Gasteiger partial charge in [-0.1, -0.05) is 6.07 Å². The maximum Gasteiger partial charge on any atom is 0.347 e. The molecule has 1 N–H and O–H groups in total.